The zero-order valence-corrected chi connectivity index (χ0v) is 12.2. The van der Waals surface area contributed by atoms with Crippen molar-refractivity contribution in [2.75, 3.05) is 12.4 Å². The number of rotatable bonds is 3. The number of aromatic hydroxyl groups is 1. The topological polar surface area (TPSA) is 141 Å². The number of nitrogens with one attached hydrogen (secondary N) is 1. The highest BCUT2D eigenvalue weighted by atomic mass is 32.2. The normalized spacial score (nSPS) is 12.5. The third kappa shape index (κ3) is 2.93. The molecule has 4 N–H and O–H groups in total. The van der Waals surface area contributed by atoms with Gasteiger partial charge >= 0.3 is 0 Å². The smallest absolute Gasteiger partial charge is 0.296 e. The van der Waals surface area contributed by atoms with Gasteiger partial charge in [0, 0.05) is 18.5 Å². The van der Waals surface area contributed by atoms with E-state index in [0.717, 1.165) is 18.2 Å². The van der Waals surface area contributed by atoms with Crippen LogP contribution in [0.4, 0.5) is 5.69 Å². The molecule has 0 aromatic heterocycles. The van der Waals surface area contributed by atoms with Gasteiger partial charge in [0.1, 0.15) is 10.6 Å². The van der Waals surface area contributed by atoms with Crippen molar-refractivity contribution in [3.8, 4) is 5.75 Å². The van der Waals surface area contributed by atoms with E-state index in [9.17, 15) is 21.9 Å². The van der Waals surface area contributed by atoms with E-state index in [0.29, 0.717) is 0 Å². The second-order valence-corrected chi connectivity index (χ2v) is 7.02. The Bertz CT molecular complexity index is 933. The van der Waals surface area contributed by atoms with Gasteiger partial charge in [-0.25, -0.2) is 0 Å². The molecule has 0 bridgehead atoms. The van der Waals surface area contributed by atoms with Crippen LogP contribution < -0.4 is 5.32 Å². The van der Waals surface area contributed by atoms with E-state index in [-0.39, 0.29) is 16.5 Å². The Labute approximate surface area is 120 Å². The molecule has 0 saturated heterocycles. The molecule has 21 heavy (non-hydrogen) atoms. The summed E-state index contributed by atoms with van der Waals surface area (Å²) in [7, 11) is -7.71. The number of fused-ring (bicyclic) bond motifs is 1. The fourth-order valence-electron chi connectivity index (χ4n) is 1.90. The molecular weight excluding hydrogens is 322 g/mol. The number of hydrogen-bond donors (Lipinski definition) is 4. The first-order valence-corrected chi connectivity index (χ1v) is 8.35. The highest BCUT2D eigenvalue weighted by Crippen LogP contribution is 2.34. The van der Waals surface area contributed by atoms with Gasteiger partial charge in [0.05, 0.1) is 10.6 Å². The highest BCUT2D eigenvalue weighted by molar-refractivity contribution is 7.86. The van der Waals surface area contributed by atoms with Crippen LogP contribution in [0.15, 0.2) is 34.1 Å². The molecule has 0 aliphatic rings. The first kappa shape index (κ1) is 15.5. The van der Waals surface area contributed by atoms with Crippen molar-refractivity contribution >= 4 is 36.7 Å². The molecule has 2 aromatic carbocycles. The number of benzene rings is 2. The summed E-state index contributed by atoms with van der Waals surface area (Å²) >= 11 is 0. The molecular formula is C11H11NO7S2. The molecule has 114 valence electrons. The first-order chi connectivity index (χ1) is 9.54. The van der Waals surface area contributed by atoms with Crippen molar-refractivity contribution in [2.45, 2.75) is 9.79 Å². The lowest BCUT2D eigenvalue weighted by Crippen LogP contribution is -2.04. The van der Waals surface area contributed by atoms with Crippen molar-refractivity contribution < 1.29 is 31.0 Å². The maximum Gasteiger partial charge on any atom is 0.296 e. The third-order valence-electron chi connectivity index (χ3n) is 2.85. The van der Waals surface area contributed by atoms with Crippen molar-refractivity contribution in [2.24, 2.45) is 0 Å². The van der Waals surface area contributed by atoms with Crippen molar-refractivity contribution in [1.29, 1.82) is 0 Å². The van der Waals surface area contributed by atoms with E-state index in [4.69, 9.17) is 9.11 Å². The SMILES string of the molecule is CNc1cc2c(O)cc(S(=O)(=O)O)cc2cc1S(=O)(=O)O. The van der Waals surface area contributed by atoms with E-state index < -0.39 is 35.8 Å². The number of anilines is 1. The molecule has 0 spiro atoms. The standard InChI is InChI=1S/C11H11NO7S2/c1-12-9-5-8-6(3-11(9)21(17,18)19)2-7(4-10(8)13)20(14,15)16/h2-5,12-13H,1H3,(H,14,15,16)(H,17,18,19). The zero-order chi connectivity index (χ0) is 16.0. The predicted molar refractivity (Wildman–Crippen MR) is 74.8 cm³/mol. The van der Waals surface area contributed by atoms with Gasteiger partial charge in [-0.05, 0) is 23.6 Å². The average molecular weight is 333 g/mol. The summed E-state index contributed by atoms with van der Waals surface area (Å²) in [5.74, 6) is -0.460. The molecule has 0 unspecified atom stereocenters. The van der Waals surface area contributed by atoms with E-state index in [1.165, 1.54) is 13.1 Å². The molecule has 0 fully saturated rings. The molecule has 0 aliphatic heterocycles. The summed E-state index contributed by atoms with van der Waals surface area (Å²) in [6.45, 7) is 0. The summed E-state index contributed by atoms with van der Waals surface area (Å²) in [6.07, 6.45) is 0. The maximum absolute atomic E-state index is 11.3. The van der Waals surface area contributed by atoms with Gasteiger partial charge in [-0.3, -0.25) is 9.11 Å². The van der Waals surface area contributed by atoms with Crippen molar-refractivity contribution in [3.05, 3.63) is 24.3 Å². The average Bonchev–Trinajstić information content (AvgIpc) is 2.35. The summed E-state index contributed by atoms with van der Waals surface area (Å²) in [6, 6.07) is 4.05. The van der Waals surface area contributed by atoms with E-state index in [2.05, 4.69) is 5.32 Å². The van der Waals surface area contributed by atoms with Crippen LogP contribution in [-0.4, -0.2) is 38.1 Å². The fourth-order valence-corrected chi connectivity index (χ4v) is 3.15. The fraction of sp³-hybridized carbons (Fsp3) is 0.0909. The quantitative estimate of drug-likeness (QED) is 0.611. The third-order valence-corrected chi connectivity index (χ3v) is 4.57. The van der Waals surface area contributed by atoms with Crippen molar-refractivity contribution in [1.82, 2.24) is 0 Å². The minimum Gasteiger partial charge on any atom is -0.507 e. The first-order valence-electron chi connectivity index (χ1n) is 5.47. The van der Waals surface area contributed by atoms with Gasteiger partial charge in [0.25, 0.3) is 20.2 Å². The lowest BCUT2D eigenvalue weighted by Gasteiger charge is -2.10. The summed E-state index contributed by atoms with van der Waals surface area (Å²) in [5.41, 5.74) is 0.0277. The summed E-state index contributed by atoms with van der Waals surface area (Å²) in [4.78, 5) is -1.07. The molecule has 10 heteroatoms. The van der Waals surface area contributed by atoms with Gasteiger partial charge < -0.3 is 10.4 Å². The molecule has 2 aromatic rings. The molecule has 0 radical (unpaired) electrons. The van der Waals surface area contributed by atoms with Gasteiger partial charge in [0.15, 0.2) is 0 Å². The van der Waals surface area contributed by atoms with Crippen LogP contribution in [0.1, 0.15) is 0 Å². The Kier molecular flexibility index (Phi) is 3.58. The summed E-state index contributed by atoms with van der Waals surface area (Å²) in [5, 5.41) is 12.5. The highest BCUT2D eigenvalue weighted by Gasteiger charge is 2.19. The molecule has 2 rings (SSSR count). The zero-order valence-electron chi connectivity index (χ0n) is 10.6. The Hall–Kier alpha value is -1.88. The lowest BCUT2D eigenvalue weighted by molar-refractivity contribution is 0.471. The minimum absolute atomic E-state index is 0.0225. The minimum atomic E-state index is -4.57. The molecule has 0 aliphatic carbocycles. The van der Waals surface area contributed by atoms with Gasteiger partial charge in [-0.1, -0.05) is 0 Å². The van der Waals surface area contributed by atoms with Gasteiger partial charge in [-0.2, -0.15) is 16.8 Å². The number of phenols is 1. The van der Waals surface area contributed by atoms with Crippen LogP contribution in [-0.2, 0) is 20.2 Å². The van der Waals surface area contributed by atoms with Crippen LogP contribution in [0.3, 0.4) is 0 Å². The van der Waals surface area contributed by atoms with Crippen LogP contribution in [0, 0.1) is 0 Å². The second-order valence-electron chi connectivity index (χ2n) is 4.21. The Morgan fingerprint density at radius 3 is 2.05 bits per heavy atom. The predicted octanol–water partition coefficient (Wildman–Crippen LogP) is 1.08. The second kappa shape index (κ2) is 4.84. The largest absolute Gasteiger partial charge is 0.507 e. The number of phenolic OH excluding ortho intramolecular Hbond substituents is 1. The van der Waals surface area contributed by atoms with Gasteiger partial charge in [-0.15, -0.1) is 0 Å². The van der Waals surface area contributed by atoms with E-state index >= 15 is 0 Å². The van der Waals surface area contributed by atoms with Crippen LogP contribution >= 0.6 is 0 Å². The van der Waals surface area contributed by atoms with Crippen LogP contribution in [0.2, 0.25) is 0 Å². The molecule has 0 saturated carbocycles. The molecule has 0 amide bonds. The Balaban J connectivity index is 2.93. The lowest BCUT2D eigenvalue weighted by atomic mass is 10.1. The van der Waals surface area contributed by atoms with E-state index in [1.807, 2.05) is 0 Å². The Morgan fingerprint density at radius 1 is 0.952 bits per heavy atom. The molecule has 0 atom stereocenters. The Morgan fingerprint density at radius 2 is 1.57 bits per heavy atom. The molecule has 8 nitrogen and oxygen atoms in total. The van der Waals surface area contributed by atoms with Crippen LogP contribution in [0.5, 0.6) is 5.75 Å². The maximum atomic E-state index is 11.3. The monoisotopic (exact) mass is 333 g/mol. The number of hydrogen-bond acceptors (Lipinski definition) is 6. The van der Waals surface area contributed by atoms with E-state index in [1.54, 1.807) is 0 Å². The van der Waals surface area contributed by atoms with Crippen LogP contribution in [0.25, 0.3) is 10.8 Å². The van der Waals surface area contributed by atoms with Crippen molar-refractivity contribution in [3.63, 3.8) is 0 Å². The molecule has 0 heterocycles. The van der Waals surface area contributed by atoms with Gasteiger partial charge in [0.2, 0.25) is 0 Å². The summed E-state index contributed by atoms with van der Waals surface area (Å²) < 4.78 is 63.0.